The molecule has 1 N–H and O–H groups in total. The molecule has 0 radical (unpaired) electrons. The van der Waals surface area contributed by atoms with Crippen molar-refractivity contribution in [3.8, 4) is 0 Å². The van der Waals surface area contributed by atoms with Crippen molar-refractivity contribution < 1.29 is 9.59 Å². The Morgan fingerprint density at radius 2 is 1.86 bits per heavy atom. The van der Waals surface area contributed by atoms with Crippen molar-refractivity contribution in [2.24, 2.45) is 0 Å². The molecule has 29 heavy (non-hydrogen) atoms. The first-order valence-corrected chi connectivity index (χ1v) is 9.93. The Hall–Kier alpha value is -3.52. The smallest absolute Gasteiger partial charge is 0.319 e. The maximum absolute atomic E-state index is 13.2. The summed E-state index contributed by atoms with van der Waals surface area (Å²) in [7, 11) is 0. The molecule has 0 spiro atoms. The highest BCUT2D eigenvalue weighted by Crippen LogP contribution is 2.31. The molecule has 3 amide bonds. The van der Waals surface area contributed by atoms with Crippen molar-refractivity contribution in [3.63, 3.8) is 0 Å². The summed E-state index contributed by atoms with van der Waals surface area (Å²) in [5.74, 6) is -0.369. The Morgan fingerprint density at radius 1 is 1.07 bits per heavy atom. The molecule has 2 aromatic carbocycles. The molecule has 0 unspecified atom stereocenters. The number of benzene rings is 2. The fourth-order valence-corrected chi connectivity index (χ4v) is 4.41. The van der Waals surface area contributed by atoms with Crippen LogP contribution in [0.3, 0.4) is 0 Å². The van der Waals surface area contributed by atoms with Crippen LogP contribution in [0.5, 0.6) is 0 Å². The summed E-state index contributed by atoms with van der Waals surface area (Å²) in [5, 5.41) is 6.62. The van der Waals surface area contributed by atoms with E-state index in [1.54, 1.807) is 18.5 Å². The molecule has 1 aliphatic heterocycles. The largest absolute Gasteiger partial charge is 0.325 e. The van der Waals surface area contributed by atoms with E-state index in [1.165, 1.54) is 21.8 Å². The number of aromatic nitrogens is 2. The van der Waals surface area contributed by atoms with E-state index in [-0.39, 0.29) is 18.0 Å². The van der Waals surface area contributed by atoms with E-state index in [0.29, 0.717) is 16.2 Å². The highest BCUT2D eigenvalue weighted by atomic mass is 32.1. The SMILES string of the molecule is C[C@]1(c2ccc3ccccc3c2)NC(=O)N(Cc2cc(=O)n3ccsc3n2)C1=O. The third-order valence-electron chi connectivity index (χ3n) is 5.28. The molecule has 0 bridgehead atoms. The van der Waals surface area contributed by atoms with Gasteiger partial charge in [-0.3, -0.25) is 18.9 Å². The van der Waals surface area contributed by atoms with Crippen LogP contribution in [0, 0.1) is 0 Å². The van der Waals surface area contributed by atoms with E-state index in [9.17, 15) is 14.4 Å². The molecular weight excluding hydrogens is 388 g/mol. The van der Waals surface area contributed by atoms with E-state index in [1.807, 2.05) is 42.5 Å². The van der Waals surface area contributed by atoms with Crippen LogP contribution in [0.1, 0.15) is 18.2 Å². The van der Waals surface area contributed by atoms with Gasteiger partial charge in [0.1, 0.15) is 5.54 Å². The number of thiazole rings is 1. The molecule has 3 heterocycles. The lowest BCUT2D eigenvalue weighted by atomic mass is 9.90. The number of hydrogen-bond acceptors (Lipinski definition) is 5. The molecule has 7 nitrogen and oxygen atoms in total. The third kappa shape index (κ3) is 2.72. The number of nitrogens with one attached hydrogen (secondary N) is 1. The van der Waals surface area contributed by atoms with Crippen LogP contribution in [-0.4, -0.2) is 26.2 Å². The van der Waals surface area contributed by atoms with E-state index in [4.69, 9.17) is 0 Å². The maximum Gasteiger partial charge on any atom is 0.325 e. The van der Waals surface area contributed by atoms with E-state index in [0.717, 1.165) is 15.7 Å². The lowest BCUT2D eigenvalue weighted by Crippen LogP contribution is -2.40. The number of carbonyl (C=O) groups is 2. The van der Waals surface area contributed by atoms with E-state index in [2.05, 4.69) is 10.3 Å². The normalized spacial score (nSPS) is 19.3. The van der Waals surface area contributed by atoms with Crippen LogP contribution in [0.2, 0.25) is 0 Å². The summed E-state index contributed by atoms with van der Waals surface area (Å²) in [4.78, 5) is 44.1. The van der Waals surface area contributed by atoms with Crippen LogP contribution in [-0.2, 0) is 16.9 Å². The van der Waals surface area contributed by atoms with Gasteiger partial charge in [0.2, 0.25) is 0 Å². The van der Waals surface area contributed by atoms with Crippen molar-refractivity contribution in [3.05, 3.63) is 81.7 Å². The molecular formula is C21H16N4O3S. The highest BCUT2D eigenvalue weighted by Gasteiger charge is 2.49. The minimum atomic E-state index is -1.18. The predicted octanol–water partition coefficient (Wildman–Crippen LogP) is 2.88. The van der Waals surface area contributed by atoms with Gasteiger partial charge < -0.3 is 5.32 Å². The van der Waals surface area contributed by atoms with Crippen LogP contribution < -0.4 is 10.9 Å². The van der Waals surface area contributed by atoms with Crippen molar-refractivity contribution in [2.75, 3.05) is 0 Å². The minimum absolute atomic E-state index is 0.0581. The first kappa shape index (κ1) is 17.6. The van der Waals surface area contributed by atoms with Gasteiger partial charge in [-0.05, 0) is 29.3 Å². The average molecular weight is 404 g/mol. The standard InChI is InChI=1S/C21H16N4O3S/c1-21(15-7-6-13-4-2-3-5-14(13)10-15)18(27)25(19(28)23-21)12-16-11-17(26)24-8-9-29-20(24)22-16/h2-11H,12H2,1H3,(H,23,28)/t21-/m1/s1. The first-order chi connectivity index (χ1) is 14.0. The van der Waals surface area contributed by atoms with Gasteiger partial charge in [0, 0.05) is 17.6 Å². The number of amides is 3. The number of imide groups is 1. The number of hydrogen-bond donors (Lipinski definition) is 1. The Morgan fingerprint density at radius 3 is 2.69 bits per heavy atom. The molecule has 0 aliphatic carbocycles. The molecule has 1 fully saturated rings. The number of urea groups is 1. The molecule has 5 rings (SSSR count). The fourth-order valence-electron chi connectivity index (χ4n) is 3.67. The topological polar surface area (TPSA) is 83.8 Å². The Bertz CT molecular complexity index is 1360. The Balaban J connectivity index is 1.50. The van der Waals surface area contributed by atoms with Gasteiger partial charge >= 0.3 is 6.03 Å². The van der Waals surface area contributed by atoms with Gasteiger partial charge in [-0.25, -0.2) is 9.78 Å². The summed E-state index contributed by atoms with van der Waals surface area (Å²) >= 11 is 1.32. The zero-order chi connectivity index (χ0) is 20.2. The molecule has 2 aromatic heterocycles. The van der Waals surface area contributed by atoms with E-state index < -0.39 is 11.6 Å². The zero-order valence-corrected chi connectivity index (χ0v) is 16.3. The molecule has 4 aromatic rings. The van der Waals surface area contributed by atoms with Gasteiger partial charge in [0.15, 0.2) is 4.96 Å². The number of rotatable bonds is 3. The zero-order valence-electron chi connectivity index (χ0n) is 15.5. The molecule has 1 atom stereocenters. The predicted molar refractivity (Wildman–Crippen MR) is 110 cm³/mol. The lowest BCUT2D eigenvalue weighted by molar-refractivity contribution is -0.131. The van der Waals surface area contributed by atoms with Gasteiger partial charge in [0.05, 0.1) is 12.2 Å². The average Bonchev–Trinajstić information content (AvgIpc) is 3.27. The van der Waals surface area contributed by atoms with Crippen LogP contribution >= 0.6 is 11.3 Å². The summed E-state index contributed by atoms with van der Waals surface area (Å²) in [6.45, 7) is 1.64. The van der Waals surface area contributed by atoms with Crippen LogP contribution in [0.15, 0.2) is 64.9 Å². The second-order valence-electron chi connectivity index (χ2n) is 7.15. The molecule has 1 aliphatic rings. The van der Waals surface area contributed by atoms with Crippen LogP contribution in [0.25, 0.3) is 15.7 Å². The highest BCUT2D eigenvalue weighted by molar-refractivity contribution is 7.15. The monoisotopic (exact) mass is 404 g/mol. The van der Waals surface area contributed by atoms with Gasteiger partial charge in [-0.15, -0.1) is 11.3 Å². The van der Waals surface area contributed by atoms with Crippen molar-refractivity contribution >= 4 is 39.0 Å². The molecule has 1 saturated heterocycles. The van der Waals surface area contributed by atoms with Gasteiger partial charge in [-0.1, -0.05) is 36.4 Å². The minimum Gasteiger partial charge on any atom is -0.319 e. The summed E-state index contributed by atoms with van der Waals surface area (Å²) < 4.78 is 1.43. The van der Waals surface area contributed by atoms with Crippen molar-refractivity contribution in [1.29, 1.82) is 0 Å². The number of fused-ring (bicyclic) bond motifs is 2. The van der Waals surface area contributed by atoms with Gasteiger partial charge in [0.25, 0.3) is 11.5 Å². The first-order valence-electron chi connectivity index (χ1n) is 9.05. The molecule has 0 saturated carbocycles. The quantitative estimate of drug-likeness (QED) is 0.532. The summed E-state index contributed by atoms with van der Waals surface area (Å²) in [6.07, 6.45) is 1.64. The second-order valence-corrected chi connectivity index (χ2v) is 8.02. The lowest BCUT2D eigenvalue weighted by Gasteiger charge is -2.22. The van der Waals surface area contributed by atoms with Crippen molar-refractivity contribution in [2.45, 2.75) is 19.0 Å². The van der Waals surface area contributed by atoms with Gasteiger partial charge in [-0.2, -0.15) is 0 Å². The fraction of sp³-hybridized carbons (Fsp3) is 0.143. The molecule has 8 heteroatoms. The summed E-state index contributed by atoms with van der Waals surface area (Å²) in [5.41, 5.74) is -0.332. The Kier molecular flexibility index (Phi) is 3.78. The maximum atomic E-state index is 13.2. The Labute approximate surface area is 169 Å². The second kappa shape index (κ2) is 6.25. The summed E-state index contributed by atoms with van der Waals surface area (Å²) in [6, 6.07) is 14.4. The van der Waals surface area contributed by atoms with Crippen LogP contribution in [0.4, 0.5) is 4.79 Å². The molecule has 144 valence electrons. The van der Waals surface area contributed by atoms with Crippen molar-refractivity contribution in [1.82, 2.24) is 19.6 Å². The van der Waals surface area contributed by atoms with E-state index >= 15 is 0 Å². The third-order valence-corrected chi connectivity index (χ3v) is 6.03. The number of nitrogens with zero attached hydrogens (tertiary/aromatic N) is 3. The number of carbonyl (C=O) groups excluding carboxylic acids is 2.